The second kappa shape index (κ2) is 7.20. The molecule has 0 aliphatic carbocycles. The Morgan fingerprint density at radius 1 is 1.52 bits per heavy atom. The van der Waals surface area contributed by atoms with Gasteiger partial charge in [0.2, 0.25) is 0 Å². The number of hydrogen-bond acceptors (Lipinski definition) is 8. The highest BCUT2D eigenvalue weighted by atomic mass is 32.2. The van der Waals surface area contributed by atoms with Crippen molar-refractivity contribution in [1.82, 2.24) is 24.7 Å². The normalized spacial score (nSPS) is 10.8. The number of methoxy groups -OCH3 is 1. The number of nitrogens with zero attached hydrogens (tertiary/aromatic N) is 4. The number of rotatable bonds is 7. The Bertz CT molecular complexity index is 654. The van der Waals surface area contributed by atoms with Crippen molar-refractivity contribution in [3.63, 3.8) is 0 Å². The van der Waals surface area contributed by atoms with Gasteiger partial charge in [0, 0.05) is 19.7 Å². The first-order valence-corrected chi connectivity index (χ1v) is 7.16. The molecule has 2 rings (SSSR count). The lowest BCUT2D eigenvalue weighted by atomic mass is 10.5. The molecule has 114 valence electrons. The van der Waals surface area contributed by atoms with Gasteiger partial charge in [0.05, 0.1) is 0 Å². The standard InChI is InChI=1S/C11H17N7O2S/c1-3-4-18-10(19)16-17-11(18)21-9-5-7(15-12)13-8(14-9)6-20-2/h5H,3-4,6,12H2,1-2H3,(H,16,19)(H,13,14,15). The van der Waals surface area contributed by atoms with Crippen molar-refractivity contribution < 1.29 is 4.74 Å². The number of nitrogens with two attached hydrogens (primary N) is 1. The number of nitrogen functional groups attached to an aromatic ring is 1. The second-order valence-electron chi connectivity index (χ2n) is 4.15. The maximum atomic E-state index is 11.7. The van der Waals surface area contributed by atoms with E-state index in [1.165, 1.54) is 11.8 Å². The Labute approximate surface area is 125 Å². The second-order valence-corrected chi connectivity index (χ2v) is 5.14. The van der Waals surface area contributed by atoms with Crippen LogP contribution in [0.2, 0.25) is 0 Å². The Morgan fingerprint density at radius 3 is 3.00 bits per heavy atom. The highest BCUT2D eigenvalue weighted by Crippen LogP contribution is 2.25. The lowest BCUT2D eigenvalue weighted by Gasteiger charge is -2.07. The van der Waals surface area contributed by atoms with Crippen LogP contribution in [0.4, 0.5) is 5.82 Å². The molecule has 0 spiro atoms. The van der Waals surface area contributed by atoms with Crippen LogP contribution >= 0.6 is 11.8 Å². The van der Waals surface area contributed by atoms with E-state index in [4.69, 9.17) is 10.6 Å². The van der Waals surface area contributed by atoms with E-state index in [2.05, 4.69) is 25.6 Å². The molecule has 0 saturated heterocycles. The number of ether oxygens (including phenoxy) is 1. The molecule has 0 aliphatic rings. The fraction of sp³-hybridized carbons (Fsp3) is 0.455. The predicted octanol–water partition coefficient (Wildman–Crippen LogP) is 0.355. The zero-order chi connectivity index (χ0) is 15.2. The molecule has 0 saturated carbocycles. The Balaban J connectivity index is 2.30. The third-order valence-electron chi connectivity index (χ3n) is 2.54. The molecule has 0 aliphatic heterocycles. The van der Waals surface area contributed by atoms with E-state index in [1.54, 1.807) is 17.7 Å². The summed E-state index contributed by atoms with van der Waals surface area (Å²) >= 11 is 1.26. The molecule has 0 bridgehead atoms. The third-order valence-corrected chi connectivity index (χ3v) is 3.45. The minimum Gasteiger partial charge on any atom is -0.377 e. The molecule has 0 aromatic carbocycles. The highest BCUT2D eigenvalue weighted by Gasteiger charge is 2.12. The fourth-order valence-corrected chi connectivity index (χ4v) is 2.57. The van der Waals surface area contributed by atoms with E-state index in [0.29, 0.717) is 28.4 Å². The average molecular weight is 311 g/mol. The van der Waals surface area contributed by atoms with Crippen molar-refractivity contribution in [2.45, 2.75) is 36.7 Å². The Kier molecular flexibility index (Phi) is 5.31. The minimum atomic E-state index is -0.234. The van der Waals surface area contributed by atoms with Crippen LogP contribution in [0.3, 0.4) is 0 Å². The van der Waals surface area contributed by atoms with Crippen LogP contribution < -0.4 is 17.0 Å². The quantitative estimate of drug-likeness (QED) is 0.380. The lowest BCUT2D eigenvalue weighted by Crippen LogP contribution is -2.17. The van der Waals surface area contributed by atoms with Gasteiger partial charge in [0.15, 0.2) is 11.0 Å². The number of nitrogens with one attached hydrogen (secondary N) is 2. The van der Waals surface area contributed by atoms with Gasteiger partial charge in [-0.05, 0) is 18.2 Å². The molecule has 2 aromatic rings. The molecule has 9 nitrogen and oxygen atoms in total. The summed E-state index contributed by atoms with van der Waals surface area (Å²) in [7, 11) is 1.56. The highest BCUT2D eigenvalue weighted by molar-refractivity contribution is 7.99. The number of aromatic nitrogens is 5. The molecular weight excluding hydrogens is 294 g/mol. The number of H-pyrrole nitrogens is 1. The summed E-state index contributed by atoms with van der Waals surface area (Å²) < 4.78 is 6.59. The number of hydrazine groups is 1. The first-order chi connectivity index (χ1) is 10.2. The van der Waals surface area contributed by atoms with Crippen LogP contribution in [0.1, 0.15) is 19.2 Å². The zero-order valence-electron chi connectivity index (χ0n) is 11.8. The lowest BCUT2D eigenvalue weighted by molar-refractivity contribution is 0.177. The van der Waals surface area contributed by atoms with E-state index >= 15 is 0 Å². The number of hydrogen-bond donors (Lipinski definition) is 3. The van der Waals surface area contributed by atoms with Crippen LogP contribution in [-0.2, 0) is 17.9 Å². The van der Waals surface area contributed by atoms with Crippen molar-refractivity contribution in [2.24, 2.45) is 5.84 Å². The van der Waals surface area contributed by atoms with Gasteiger partial charge in [-0.2, -0.15) is 0 Å². The molecule has 2 heterocycles. The maximum absolute atomic E-state index is 11.7. The van der Waals surface area contributed by atoms with Gasteiger partial charge in [0.25, 0.3) is 0 Å². The monoisotopic (exact) mass is 311 g/mol. The maximum Gasteiger partial charge on any atom is 0.343 e. The zero-order valence-corrected chi connectivity index (χ0v) is 12.6. The van der Waals surface area contributed by atoms with Gasteiger partial charge >= 0.3 is 5.69 Å². The minimum absolute atomic E-state index is 0.234. The smallest absolute Gasteiger partial charge is 0.343 e. The van der Waals surface area contributed by atoms with Crippen LogP contribution in [0, 0.1) is 0 Å². The first kappa shape index (κ1) is 15.5. The van der Waals surface area contributed by atoms with Gasteiger partial charge < -0.3 is 10.2 Å². The summed E-state index contributed by atoms with van der Waals surface area (Å²) in [6.07, 6.45) is 0.835. The summed E-state index contributed by atoms with van der Waals surface area (Å²) in [4.78, 5) is 20.2. The van der Waals surface area contributed by atoms with Gasteiger partial charge in [-0.3, -0.25) is 4.57 Å². The summed E-state index contributed by atoms with van der Waals surface area (Å²) in [5.74, 6) is 6.36. The van der Waals surface area contributed by atoms with Crippen molar-refractivity contribution in [3.8, 4) is 0 Å². The Morgan fingerprint density at radius 2 is 2.33 bits per heavy atom. The summed E-state index contributed by atoms with van der Waals surface area (Å²) in [5.41, 5.74) is 2.25. The number of aromatic amines is 1. The molecule has 0 unspecified atom stereocenters. The van der Waals surface area contributed by atoms with Crippen LogP contribution in [0.15, 0.2) is 21.0 Å². The molecule has 0 amide bonds. The van der Waals surface area contributed by atoms with E-state index in [1.807, 2.05) is 6.92 Å². The van der Waals surface area contributed by atoms with E-state index in [9.17, 15) is 4.79 Å². The van der Waals surface area contributed by atoms with Gasteiger partial charge in [-0.15, -0.1) is 5.10 Å². The van der Waals surface area contributed by atoms with Crippen molar-refractivity contribution >= 4 is 17.6 Å². The van der Waals surface area contributed by atoms with Gasteiger partial charge in [-0.1, -0.05) is 6.92 Å². The molecule has 0 radical (unpaired) electrons. The Hall–Kier alpha value is -1.91. The fourth-order valence-electron chi connectivity index (χ4n) is 1.69. The summed E-state index contributed by atoms with van der Waals surface area (Å²) in [6, 6.07) is 1.68. The molecular formula is C11H17N7O2S. The van der Waals surface area contributed by atoms with Crippen molar-refractivity contribution in [1.29, 1.82) is 0 Å². The molecule has 2 aromatic heterocycles. The van der Waals surface area contributed by atoms with Crippen molar-refractivity contribution in [3.05, 3.63) is 22.4 Å². The largest absolute Gasteiger partial charge is 0.377 e. The summed E-state index contributed by atoms with van der Waals surface area (Å²) in [5, 5.41) is 7.62. The topological polar surface area (TPSA) is 124 Å². The molecule has 0 fully saturated rings. The van der Waals surface area contributed by atoms with Crippen LogP contribution in [0.25, 0.3) is 0 Å². The molecule has 10 heteroatoms. The third kappa shape index (κ3) is 3.80. The molecule has 0 atom stereocenters. The van der Waals surface area contributed by atoms with E-state index in [0.717, 1.165) is 6.42 Å². The van der Waals surface area contributed by atoms with E-state index in [-0.39, 0.29) is 12.3 Å². The van der Waals surface area contributed by atoms with Gasteiger partial charge in [0.1, 0.15) is 17.5 Å². The summed E-state index contributed by atoms with van der Waals surface area (Å²) in [6.45, 7) is 2.85. The SMILES string of the molecule is CCCn1c(Sc2cc(NN)nc(COC)n2)n[nH]c1=O. The van der Waals surface area contributed by atoms with Crippen LogP contribution in [-0.4, -0.2) is 31.8 Å². The van der Waals surface area contributed by atoms with E-state index < -0.39 is 0 Å². The average Bonchev–Trinajstić information content (AvgIpc) is 2.81. The van der Waals surface area contributed by atoms with Crippen LogP contribution in [0.5, 0.6) is 0 Å². The predicted molar refractivity (Wildman–Crippen MR) is 77.8 cm³/mol. The van der Waals surface area contributed by atoms with Crippen molar-refractivity contribution in [2.75, 3.05) is 12.5 Å². The molecule has 21 heavy (non-hydrogen) atoms. The first-order valence-electron chi connectivity index (χ1n) is 6.34. The van der Waals surface area contributed by atoms with Gasteiger partial charge in [-0.25, -0.2) is 25.7 Å². The molecule has 4 N–H and O–H groups in total. The number of anilines is 1.